The second-order valence-electron chi connectivity index (χ2n) is 6.16. The number of thioether (sulfide) groups is 1. The highest BCUT2D eigenvalue weighted by molar-refractivity contribution is 7.98. The summed E-state index contributed by atoms with van der Waals surface area (Å²) in [5, 5.41) is 8.65. The number of carbonyl (C=O) groups is 1. The molecular weight excluding hydrogens is 386 g/mol. The van der Waals surface area contributed by atoms with Crippen molar-refractivity contribution >= 4 is 40.9 Å². The highest BCUT2D eigenvalue weighted by Crippen LogP contribution is 2.31. The molecule has 2 heterocycles. The van der Waals surface area contributed by atoms with Gasteiger partial charge < -0.3 is 9.15 Å². The molecule has 2 aromatic carbocycles. The first-order chi connectivity index (χ1) is 14.2. The van der Waals surface area contributed by atoms with Gasteiger partial charge in [-0.1, -0.05) is 66.4 Å². The van der Waals surface area contributed by atoms with Gasteiger partial charge in [0.05, 0.1) is 6.61 Å². The zero-order valence-corrected chi connectivity index (χ0v) is 16.6. The average Bonchev–Trinajstić information content (AvgIpc) is 3.36. The minimum absolute atomic E-state index is 0.236. The van der Waals surface area contributed by atoms with E-state index >= 15 is 0 Å². The number of hydrogen-bond donors (Lipinski definition) is 1. The standard InChI is InChI=1S/C22H19N3O3S/c1-2-27-21(26)20-17(16-10-6-7-11-18(16)28-20)14-29-22-23-19(24-25-22)13-12-15-8-4-3-5-9-15/h3-13H,2,14H2,1H3,(H,23,24,25)/b13-12+. The summed E-state index contributed by atoms with van der Waals surface area (Å²) < 4.78 is 10.9. The molecule has 0 unspecified atom stereocenters. The van der Waals surface area contributed by atoms with Crippen molar-refractivity contribution in [2.45, 2.75) is 17.8 Å². The Labute approximate surface area is 172 Å². The molecule has 7 heteroatoms. The SMILES string of the molecule is CCOC(=O)c1oc2ccccc2c1CSc1n[nH]c(/C=C/c2ccccc2)n1. The average molecular weight is 405 g/mol. The van der Waals surface area contributed by atoms with Crippen LogP contribution in [0.5, 0.6) is 0 Å². The fraction of sp³-hybridized carbons (Fsp3) is 0.136. The van der Waals surface area contributed by atoms with E-state index in [9.17, 15) is 4.79 Å². The Balaban J connectivity index is 1.51. The minimum Gasteiger partial charge on any atom is -0.460 e. The third kappa shape index (κ3) is 4.41. The maximum absolute atomic E-state index is 12.3. The fourth-order valence-electron chi connectivity index (χ4n) is 2.88. The molecule has 0 saturated carbocycles. The summed E-state index contributed by atoms with van der Waals surface area (Å²) in [6, 6.07) is 17.5. The zero-order chi connectivity index (χ0) is 20.1. The predicted octanol–water partition coefficient (Wildman–Crippen LogP) is 5.19. The lowest BCUT2D eigenvalue weighted by atomic mass is 10.1. The molecule has 6 nitrogen and oxygen atoms in total. The van der Waals surface area contributed by atoms with E-state index < -0.39 is 5.97 Å². The van der Waals surface area contributed by atoms with Crippen LogP contribution in [0.2, 0.25) is 0 Å². The van der Waals surface area contributed by atoms with E-state index in [-0.39, 0.29) is 5.76 Å². The molecule has 0 radical (unpaired) electrons. The van der Waals surface area contributed by atoms with Crippen LogP contribution in [0.15, 0.2) is 64.2 Å². The van der Waals surface area contributed by atoms with Gasteiger partial charge in [-0.05, 0) is 24.6 Å². The lowest BCUT2D eigenvalue weighted by molar-refractivity contribution is 0.0491. The molecule has 1 N–H and O–H groups in total. The summed E-state index contributed by atoms with van der Waals surface area (Å²) in [7, 11) is 0. The summed E-state index contributed by atoms with van der Waals surface area (Å²) in [5.74, 6) is 0.935. The summed E-state index contributed by atoms with van der Waals surface area (Å²) in [6.45, 7) is 2.06. The van der Waals surface area contributed by atoms with Gasteiger partial charge in [-0.2, -0.15) is 0 Å². The Bertz CT molecular complexity index is 1150. The van der Waals surface area contributed by atoms with Gasteiger partial charge in [0.1, 0.15) is 11.4 Å². The van der Waals surface area contributed by atoms with Gasteiger partial charge in [0.25, 0.3) is 0 Å². The van der Waals surface area contributed by atoms with Crippen LogP contribution in [-0.4, -0.2) is 27.8 Å². The molecule has 0 aliphatic rings. The van der Waals surface area contributed by atoms with Crippen LogP contribution < -0.4 is 0 Å². The number of rotatable bonds is 7. The highest BCUT2D eigenvalue weighted by Gasteiger charge is 2.22. The number of aromatic nitrogens is 3. The summed E-state index contributed by atoms with van der Waals surface area (Å²) >= 11 is 1.43. The van der Waals surface area contributed by atoms with Crippen molar-refractivity contribution < 1.29 is 13.9 Å². The molecule has 0 bridgehead atoms. The maximum atomic E-state index is 12.3. The lowest BCUT2D eigenvalue weighted by Gasteiger charge is -2.01. The molecule has 0 atom stereocenters. The lowest BCUT2D eigenvalue weighted by Crippen LogP contribution is -2.05. The maximum Gasteiger partial charge on any atom is 0.374 e. The quantitative estimate of drug-likeness (QED) is 0.337. The van der Waals surface area contributed by atoms with Crippen LogP contribution in [0.4, 0.5) is 0 Å². The molecular formula is C22H19N3O3S. The molecule has 146 valence electrons. The first-order valence-electron chi connectivity index (χ1n) is 9.20. The van der Waals surface area contributed by atoms with E-state index in [1.165, 1.54) is 11.8 Å². The molecule has 4 rings (SSSR count). The molecule has 29 heavy (non-hydrogen) atoms. The number of nitrogens with zero attached hydrogens (tertiary/aromatic N) is 2. The number of esters is 1. The Hall–Kier alpha value is -3.32. The molecule has 0 saturated heterocycles. The van der Waals surface area contributed by atoms with Crippen molar-refractivity contribution in [2.24, 2.45) is 0 Å². The van der Waals surface area contributed by atoms with Crippen LogP contribution >= 0.6 is 11.8 Å². The molecule has 0 aliphatic carbocycles. The molecule has 0 spiro atoms. The van der Waals surface area contributed by atoms with Gasteiger partial charge in [0.15, 0.2) is 0 Å². The number of hydrogen-bond acceptors (Lipinski definition) is 6. The summed E-state index contributed by atoms with van der Waals surface area (Å²) in [5.41, 5.74) is 2.53. The molecule has 4 aromatic rings. The molecule has 0 amide bonds. The van der Waals surface area contributed by atoms with E-state index in [4.69, 9.17) is 9.15 Å². The number of carbonyl (C=O) groups excluding carboxylic acids is 1. The number of para-hydroxylation sites is 1. The Morgan fingerprint density at radius 3 is 2.76 bits per heavy atom. The number of ether oxygens (including phenoxy) is 1. The van der Waals surface area contributed by atoms with Gasteiger partial charge in [0, 0.05) is 16.7 Å². The smallest absolute Gasteiger partial charge is 0.374 e. The number of fused-ring (bicyclic) bond motifs is 1. The Morgan fingerprint density at radius 2 is 1.93 bits per heavy atom. The number of aromatic amines is 1. The minimum atomic E-state index is -0.458. The number of furan rings is 1. The van der Waals surface area contributed by atoms with Crippen molar-refractivity contribution in [3.05, 3.63) is 77.3 Å². The van der Waals surface area contributed by atoms with Gasteiger partial charge in [0.2, 0.25) is 10.9 Å². The number of benzene rings is 2. The fourth-order valence-corrected chi connectivity index (χ4v) is 3.71. The second kappa shape index (κ2) is 8.79. The molecule has 2 aromatic heterocycles. The van der Waals surface area contributed by atoms with Gasteiger partial charge >= 0.3 is 5.97 Å². The largest absolute Gasteiger partial charge is 0.460 e. The van der Waals surface area contributed by atoms with Crippen molar-refractivity contribution in [2.75, 3.05) is 6.61 Å². The van der Waals surface area contributed by atoms with Crippen molar-refractivity contribution in [1.29, 1.82) is 0 Å². The molecule has 0 fully saturated rings. The second-order valence-corrected chi connectivity index (χ2v) is 7.10. The number of H-pyrrole nitrogens is 1. The summed E-state index contributed by atoms with van der Waals surface area (Å²) in [4.78, 5) is 16.8. The first-order valence-corrected chi connectivity index (χ1v) is 10.2. The Morgan fingerprint density at radius 1 is 1.14 bits per heavy atom. The Kier molecular flexibility index (Phi) is 5.76. The third-order valence-corrected chi connectivity index (χ3v) is 5.09. The molecule has 0 aliphatic heterocycles. The van der Waals surface area contributed by atoms with E-state index in [2.05, 4.69) is 15.2 Å². The van der Waals surface area contributed by atoms with Crippen molar-refractivity contribution in [3.63, 3.8) is 0 Å². The van der Waals surface area contributed by atoms with Crippen LogP contribution in [0.25, 0.3) is 23.1 Å². The van der Waals surface area contributed by atoms with Gasteiger partial charge in [-0.25, -0.2) is 9.78 Å². The topological polar surface area (TPSA) is 81.0 Å². The first kappa shape index (κ1) is 19.0. The van der Waals surface area contributed by atoms with Crippen LogP contribution in [0, 0.1) is 0 Å². The van der Waals surface area contributed by atoms with Crippen LogP contribution in [0.1, 0.15) is 34.4 Å². The summed E-state index contributed by atoms with van der Waals surface area (Å²) in [6.07, 6.45) is 3.85. The van der Waals surface area contributed by atoms with Gasteiger partial charge in [-0.3, -0.25) is 5.10 Å². The predicted molar refractivity (Wildman–Crippen MR) is 113 cm³/mol. The van der Waals surface area contributed by atoms with Crippen LogP contribution in [0.3, 0.4) is 0 Å². The van der Waals surface area contributed by atoms with E-state index in [1.54, 1.807) is 6.92 Å². The number of nitrogens with one attached hydrogen (secondary N) is 1. The van der Waals surface area contributed by atoms with E-state index in [0.717, 1.165) is 16.5 Å². The highest BCUT2D eigenvalue weighted by atomic mass is 32.2. The van der Waals surface area contributed by atoms with Crippen LogP contribution in [-0.2, 0) is 10.5 Å². The van der Waals surface area contributed by atoms with Crippen molar-refractivity contribution in [3.8, 4) is 0 Å². The van der Waals surface area contributed by atoms with E-state index in [1.807, 2.05) is 66.7 Å². The zero-order valence-electron chi connectivity index (χ0n) is 15.8. The van der Waals surface area contributed by atoms with Crippen molar-refractivity contribution in [1.82, 2.24) is 15.2 Å². The third-order valence-electron chi connectivity index (χ3n) is 4.22. The normalized spacial score (nSPS) is 11.3. The van der Waals surface area contributed by atoms with Gasteiger partial charge in [-0.15, -0.1) is 5.10 Å². The van der Waals surface area contributed by atoms with E-state index in [0.29, 0.717) is 28.9 Å². The monoisotopic (exact) mass is 405 g/mol.